The normalized spacial score (nSPS) is 10.2. The van der Waals surface area contributed by atoms with Crippen LogP contribution in [0.5, 0.6) is 5.75 Å². The summed E-state index contributed by atoms with van der Waals surface area (Å²) in [7, 11) is 0. The molecule has 7 heteroatoms. The van der Waals surface area contributed by atoms with Crippen LogP contribution >= 0.6 is 0 Å². The second-order valence-corrected chi connectivity index (χ2v) is 4.41. The predicted molar refractivity (Wildman–Crippen MR) is 71.4 cm³/mol. The molecule has 0 aliphatic rings. The Hall–Kier alpha value is -2.15. The third-order valence-corrected chi connectivity index (χ3v) is 2.81. The predicted octanol–water partition coefficient (Wildman–Crippen LogP) is -0.238. The third kappa shape index (κ3) is 4.85. The summed E-state index contributed by atoms with van der Waals surface area (Å²) in [6.07, 6.45) is 2.24. The number of nitrogens with one attached hydrogen (secondary N) is 1. The van der Waals surface area contributed by atoms with Gasteiger partial charge in [-0.3, -0.25) is 14.9 Å². The Morgan fingerprint density at radius 1 is 1.40 bits per heavy atom. The van der Waals surface area contributed by atoms with Crippen LogP contribution in [0.25, 0.3) is 0 Å². The van der Waals surface area contributed by atoms with Gasteiger partial charge in [0.2, 0.25) is 0 Å². The molecule has 0 spiro atoms. The number of hydrogen-bond acceptors (Lipinski definition) is 4. The van der Waals surface area contributed by atoms with E-state index in [4.69, 9.17) is 0 Å². The highest BCUT2D eigenvalue weighted by Crippen LogP contribution is 2.20. The zero-order chi connectivity index (χ0) is 15.0. The van der Waals surface area contributed by atoms with Crippen molar-refractivity contribution in [3.63, 3.8) is 0 Å². The van der Waals surface area contributed by atoms with Crippen LogP contribution in [0.4, 0.5) is 5.69 Å². The highest BCUT2D eigenvalue weighted by molar-refractivity contribution is 5.97. The molecule has 0 saturated carbocycles. The van der Waals surface area contributed by atoms with Gasteiger partial charge < -0.3 is 15.7 Å². The number of benzene rings is 1. The number of unbranched alkanes of at least 4 members (excludes halogenated alkanes) is 1. The zero-order valence-corrected chi connectivity index (χ0v) is 11.4. The van der Waals surface area contributed by atoms with Crippen LogP contribution in [0.2, 0.25) is 0 Å². The van der Waals surface area contributed by atoms with Crippen LogP contribution in [0.15, 0.2) is 18.2 Å². The van der Waals surface area contributed by atoms with Crippen LogP contribution in [-0.2, 0) is 0 Å². The van der Waals surface area contributed by atoms with E-state index in [-0.39, 0.29) is 11.3 Å². The van der Waals surface area contributed by atoms with E-state index in [1.54, 1.807) is 0 Å². The average Bonchev–Trinajstić information content (AvgIpc) is 2.42. The van der Waals surface area contributed by atoms with Gasteiger partial charge in [-0.15, -0.1) is 0 Å². The Bertz CT molecular complexity index is 477. The molecule has 0 heterocycles. The summed E-state index contributed by atoms with van der Waals surface area (Å²) in [6.45, 7) is 4.24. The molecular formula is C13H19N3O4. The molecule has 1 aromatic rings. The summed E-state index contributed by atoms with van der Waals surface area (Å²) in [6, 6.07) is 3.15. The van der Waals surface area contributed by atoms with Gasteiger partial charge in [0, 0.05) is 17.7 Å². The molecule has 7 nitrogen and oxygen atoms in total. The van der Waals surface area contributed by atoms with Crippen molar-refractivity contribution < 1.29 is 20.1 Å². The summed E-state index contributed by atoms with van der Waals surface area (Å²) < 4.78 is 0. The summed E-state index contributed by atoms with van der Waals surface area (Å²) >= 11 is 0. The van der Waals surface area contributed by atoms with Gasteiger partial charge in [0.1, 0.15) is 0 Å². The number of quaternary nitrogens is 1. The second-order valence-electron chi connectivity index (χ2n) is 4.41. The number of carbonyl (C=O) groups is 1. The van der Waals surface area contributed by atoms with E-state index in [0.29, 0.717) is 6.54 Å². The second kappa shape index (κ2) is 8.11. The minimum atomic E-state index is -0.630. The van der Waals surface area contributed by atoms with Crippen molar-refractivity contribution in [3.05, 3.63) is 33.9 Å². The fourth-order valence-electron chi connectivity index (χ4n) is 1.68. The molecule has 0 aliphatic carbocycles. The molecule has 20 heavy (non-hydrogen) atoms. The zero-order valence-electron chi connectivity index (χ0n) is 11.4. The third-order valence-electron chi connectivity index (χ3n) is 2.81. The van der Waals surface area contributed by atoms with Gasteiger partial charge >= 0.3 is 0 Å². The number of nitrogens with zero attached hydrogens (tertiary/aromatic N) is 1. The maximum absolute atomic E-state index is 11.8. The number of nitrogens with two attached hydrogens (primary N) is 1. The van der Waals surface area contributed by atoms with Gasteiger partial charge in [-0.2, -0.15) is 0 Å². The number of carbonyl (C=O) groups excluding carboxylic acids is 1. The fraction of sp³-hybridized carbons (Fsp3) is 0.462. The maximum Gasteiger partial charge on any atom is 0.270 e. The Morgan fingerprint density at radius 2 is 2.15 bits per heavy atom. The monoisotopic (exact) mass is 281 g/mol. The minimum absolute atomic E-state index is 0.187. The molecular weight excluding hydrogens is 262 g/mol. The lowest BCUT2D eigenvalue weighted by Crippen LogP contribution is -2.85. The minimum Gasteiger partial charge on any atom is -0.872 e. The lowest BCUT2D eigenvalue weighted by Gasteiger charge is -2.12. The number of non-ortho nitro benzene ring substituents is 1. The van der Waals surface area contributed by atoms with E-state index in [2.05, 4.69) is 17.6 Å². The van der Waals surface area contributed by atoms with E-state index in [1.165, 1.54) is 0 Å². The Labute approximate surface area is 117 Å². The standard InChI is InChI=1S/C13H19N3O4/c1-2-3-6-14-7-8-15-13(18)11-9-10(16(19)20)4-5-12(11)17/h4-5,9,14,17H,2-3,6-8H2,1H3,(H,15,18). The molecule has 0 aromatic heterocycles. The van der Waals surface area contributed by atoms with Crippen molar-refractivity contribution in [1.29, 1.82) is 0 Å². The number of hydrogen-bond donors (Lipinski definition) is 2. The quantitative estimate of drug-likeness (QED) is 0.389. The lowest BCUT2D eigenvalue weighted by atomic mass is 10.1. The molecule has 0 bridgehead atoms. The lowest BCUT2D eigenvalue weighted by molar-refractivity contribution is -0.653. The topological polar surface area (TPSA) is 112 Å². The highest BCUT2D eigenvalue weighted by atomic mass is 16.6. The van der Waals surface area contributed by atoms with Crippen LogP contribution < -0.4 is 15.7 Å². The van der Waals surface area contributed by atoms with Crippen molar-refractivity contribution in [1.82, 2.24) is 5.32 Å². The van der Waals surface area contributed by atoms with Crippen molar-refractivity contribution in [2.75, 3.05) is 19.6 Å². The first-order chi connectivity index (χ1) is 9.56. The number of amides is 1. The molecule has 1 aromatic carbocycles. The van der Waals surface area contributed by atoms with E-state index in [0.717, 1.165) is 44.1 Å². The summed E-state index contributed by atoms with van der Waals surface area (Å²) in [4.78, 5) is 21.8. The molecule has 3 N–H and O–H groups in total. The van der Waals surface area contributed by atoms with Gasteiger partial charge in [-0.25, -0.2) is 0 Å². The van der Waals surface area contributed by atoms with Crippen molar-refractivity contribution >= 4 is 11.6 Å². The van der Waals surface area contributed by atoms with Crippen molar-refractivity contribution in [2.45, 2.75) is 19.8 Å². The van der Waals surface area contributed by atoms with Gasteiger partial charge in [-0.05, 0) is 6.42 Å². The van der Waals surface area contributed by atoms with E-state index in [1.807, 2.05) is 0 Å². The van der Waals surface area contributed by atoms with Crippen LogP contribution in [0, 0.1) is 10.1 Å². The molecule has 0 atom stereocenters. The summed E-state index contributed by atoms with van der Waals surface area (Å²) in [5, 5.41) is 26.8. The maximum atomic E-state index is 11.8. The van der Waals surface area contributed by atoms with E-state index < -0.39 is 16.6 Å². The number of nitro benzene ring substituents is 1. The fourth-order valence-corrected chi connectivity index (χ4v) is 1.68. The van der Waals surface area contributed by atoms with Gasteiger partial charge in [0.25, 0.3) is 11.6 Å². The largest absolute Gasteiger partial charge is 0.872 e. The van der Waals surface area contributed by atoms with Gasteiger partial charge in [-0.1, -0.05) is 25.2 Å². The Morgan fingerprint density at radius 3 is 2.80 bits per heavy atom. The molecule has 0 fully saturated rings. The molecule has 0 saturated heterocycles. The molecule has 1 rings (SSSR count). The van der Waals surface area contributed by atoms with Gasteiger partial charge in [0.15, 0.2) is 0 Å². The highest BCUT2D eigenvalue weighted by Gasteiger charge is 2.12. The average molecular weight is 281 g/mol. The first-order valence-electron chi connectivity index (χ1n) is 6.61. The number of nitro groups is 1. The smallest absolute Gasteiger partial charge is 0.270 e. The molecule has 0 radical (unpaired) electrons. The van der Waals surface area contributed by atoms with Crippen molar-refractivity contribution in [2.24, 2.45) is 0 Å². The Kier molecular flexibility index (Phi) is 6.45. The first-order valence-corrected chi connectivity index (χ1v) is 6.61. The summed E-state index contributed by atoms with van der Waals surface area (Å²) in [5.41, 5.74) is -0.447. The molecule has 0 unspecified atom stereocenters. The SMILES string of the molecule is CCCC[NH2+]CCNC(=O)c1cc([N+](=O)[O-])ccc1[O-]. The first kappa shape index (κ1) is 15.9. The molecule has 0 aliphatic heterocycles. The summed E-state index contributed by atoms with van der Waals surface area (Å²) in [5.74, 6) is -1.08. The van der Waals surface area contributed by atoms with Crippen LogP contribution in [0.3, 0.4) is 0 Å². The van der Waals surface area contributed by atoms with Crippen molar-refractivity contribution in [3.8, 4) is 5.75 Å². The van der Waals surface area contributed by atoms with E-state index in [9.17, 15) is 20.0 Å². The molecule has 1 amide bonds. The van der Waals surface area contributed by atoms with Crippen LogP contribution in [0.1, 0.15) is 30.1 Å². The van der Waals surface area contributed by atoms with Crippen LogP contribution in [-0.4, -0.2) is 30.5 Å². The van der Waals surface area contributed by atoms with Gasteiger partial charge in [0.05, 0.1) is 24.6 Å². The number of rotatable bonds is 8. The van der Waals surface area contributed by atoms with E-state index >= 15 is 0 Å². The molecule has 110 valence electrons. The Balaban J connectivity index is 2.50.